The van der Waals surface area contributed by atoms with Crippen molar-refractivity contribution in [2.75, 3.05) is 6.54 Å². The number of nitrogens with zero attached hydrogens (tertiary/aromatic N) is 1. The number of carbonyl (C=O) groups is 1. The maximum absolute atomic E-state index is 11.1. The largest absolute Gasteiger partial charge is 0.481 e. The Bertz CT molecular complexity index is 646. The maximum Gasteiger partial charge on any atom is 0.303 e. The third-order valence-corrected chi connectivity index (χ3v) is 4.75. The van der Waals surface area contributed by atoms with Crippen molar-refractivity contribution in [3.8, 4) is 0 Å². The van der Waals surface area contributed by atoms with Crippen LogP contribution < -0.4 is 11.5 Å². The average Bonchev–Trinajstić information content (AvgIpc) is 2.38. The van der Waals surface area contributed by atoms with Gasteiger partial charge >= 0.3 is 5.97 Å². The minimum atomic E-state index is -2.96. The van der Waals surface area contributed by atoms with Gasteiger partial charge in [-0.05, 0) is 37.5 Å². The lowest BCUT2D eigenvalue weighted by Gasteiger charge is -2.16. The van der Waals surface area contributed by atoms with E-state index in [0.717, 1.165) is 5.56 Å². The summed E-state index contributed by atoms with van der Waals surface area (Å²) in [5.74, 6) is -0.727. The zero-order valence-electron chi connectivity index (χ0n) is 11.7. The smallest absolute Gasteiger partial charge is 0.303 e. The highest BCUT2D eigenvalue weighted by Gasteiger charge is 2.29. The van der Waals surface area contributed by atoms with E-state index >= 15 is 0 Å². The molecule has 2 heterocycles. The van der Waals surface area contributed by atoms with Crippen molar-refractivity contribution in [1.82, 2.24) is 0 Å². The second-order valence-corrected chi connectivity index (χ2v) is 6.51. The maximum atomic E-state index is 11.1. The van der Waals surface area contributed by atoms with E-state index in [2.05, 4.69) is 4.99 Å². The highest BCUT2D eigenvalue weighted by atomic mass is 32.2. The molecule has 0 amide bonds. The molecule has 1 aromatic rings. The summed E-state index contributed by atoms with van der Waals surface area (Å²) in [7, 11) is -2.96. The molecule has 7 nitrogen and oxygen atoms in total. The van der Waals surface area contributed by atoms with Crippen molar-refractivity contribution in [3.63, 3.8) is 0 Å². The van der Waals surface area contributed by atoms with E-state index in [1.165, 1.54) is 0 Å². The van der Waals surface area contributed by atoms with E-state index in [1.54, 1.807) is 19.1 Å². The molecule has 116 valence electrons. The number of carboxylic acids is 1. The molecule has 0 aromatic heterocycles. The quantitative estimate of drug-likeness (QED) is 0.421. The standard InChI is InChI=1S/C7H6O2S.C6H13N3O2/c1-5-2-3-6-4-7(5)10(6,8)9;7-6(8)9-4-2-1-3-5(10)11/h2-4H,1H3;1-4H2,(H,10,11)(H4,7,8,9). The van der Waals surface area contributed by atoms with Gasteiger partial charge in [0.2, 0.25) is 9.84 Å². The Morgan fingerprint density at radius 3 is 2.33 bits per heavy atom. The van der Waals surface area contributed by atoms with Gasteiger partial charge in [0.1, 0.15) is 0 Å². The summed E-state index contributed by atoms with van der Waals surface area (Å²) in [6.07, 6.45) is 1.51. The van der Waals surface area contributed by atoms with Crippen LogP contribution in [0.25, 0.3) is 0 Å². The summed E-state index contributed by atoms with van der Waals surface area (Å²) in [6, 6.07) is 5.16. The normalized spacial score (nSPS) is 13.4. The minimum Gasteiger partial charge on any atom is -0.481 e. The molecule has 0 atom stereocenters. The van der Waals surface area contributed by atoms with Crippen molar-refractivity contribution in [2.45, 2.75) is 36.0 Å². The van der Waals surface area contributed by atoms with Crippen LogP contribution in [0, 0.1) is 6.92 Å². The van der Waals surface area contributed by atoms with E-state index in [0.29, 0.717) is 29.2 Å². The van der Waals surface area contributed by atoms with Crippen molar-refractivity contribution in [2.24, 2.45) is 16.5 Å². The van der Waals surface area contributed by atoms with Crippen LogP contribution in [0.5, 0.6) is 0 Å². The van der Waals surface area contributed by atoms with E-state index in [1.807, 2.05) is 6.07 Å². The van der Waals surface area contributed by atoms with Crippen LogP contribution >= 0.6 is 0 Å². The van der Waals surface area contributed by atoms with Crippen LogP contribution in [-0.2, 0) is 14.6 Å². The van der Waals surface area contributed by atoms with Gasteiger partial charge in [-0.25, -0.2) is 8.42 Å². The highest BCUT2D eigenvalue weighted by molar-refractivity contribution is 7.92. The second-order valence-electron chi connectivity index (χ2n) is 4.59. The van der Waals surface area contributed by atoms with Crippen LogP contribution in [-0.4, -0.2) is 32.0 Å². The summed E-state index contributed by atoms with van der Waals surface area (Å²) in [5, 5.41) is 8.24. The van der Waals surface area contributed by atoms with Crippen LogP contribution in [0.2, 0.25) is 0 Å². The summed E-state index contributed by atoms with van der Waals surface area (Å²) in [5.41, 5.74) is 10.9. The van der Waals surface area contributed by atoms with Gasteiger partial charge in [-0.3, -0.25) is 9.79 Å². The van der Waals surface area contributed by atoms with Gasteiger partial charge in [-0.15, -0.1) is 0 Å². The summed E-state index contributed by atoms with van der Waals surface area (Å²) >= 11 is 0. The van der Waals surface area contributed by atoms with E-state index < -0.39 is 15.8 Å². The van der Waals surface area contributed by atoms with Gasteiger partial charge in [-0.1, -0.05) is 6.07 Å². The van der Waals surface area contributed by atoms with Gasteiger partial charge in [0, 0.05) is 13.0 Å². The highest BCUT2D eigenvalue weighted by Crippen LogP contribution is 2.34. The number of aryl methyl sites for hydroxylation is 1. The Labute approximate surface area is 123 Å². The van der Waals surface area contributed by atoms with E-state index in [4.69, 9.17) is 16.6 Å². The number of sulfone groups is 1. The minimum absolute atomic E-state index is 0.0559. The zero-order valence-corrected chi connectivity index (χ0v) is 12.6. The predicted octanol–water partition coefficient (Wildman–Crippen LogP) is 0.656. The lowest BCUT2D eigenvalue weighted by atomic mass is 10.2. The molecular weight excluding hydrogens is 294 g/mol. The van der Waals surface area contributed by atoms with Crippen LogP contribution in [0.15, 0.2) is 33.0 Å². The first kappa shape index (κ1) is 17.0. The topological polar surface area (TPSA) is 136 Å². The number of nitrogens with two attached hydrogens (primary N) is 2. The second kappa shape index (κ2) is 7.07. The fourth-order valence-electron chi connectivity index (χ4n) is 1.70. The molecule has 21 heavy (non-hydrogen) atoms. The molecule has 0 saturated heterocycles. The number of hydrogen-bond donors (Lipinski definition) is 3. The molecule has 2 aliphatic rings. The molecule has 8 heteroatoms. The average molecular weight is 313 g/mol. The molecule has 0 spiro atoms. The Kier molecular flexibility index (Phi) is 5.71. The van der Waals surface area contributed by atoms with Crippen LogP contribution in [0.4, 0.5) is 0 Å². The van der Waals surface area contributed by atoms with Gasteiger partial charge in [0.25, 0.3) is 0 Å². The lowest BCUT2D eigenvalue weighted by Crippen LogP contribution is -2.22. The van der Waals surface area contributed by atoms with Crippen molar-refractivity contribution >= 4 is 21.8 Å². The molecule has 2 aliphatic heterocycles. The monoisotopic (exact) mass is 313 g/mol. The fourth-order valence-corrected chi connectivity index (χ4v) is 3.06. The third-order valence-electron chi connectivity index (χ3n) is 2.85. The van der Waals surface area contributed by atoms with Crippen LogP contribution in [0.3, 0.4) is 0 Å². The first-order valence-corrected chi connectivity index (χ1v) is 7.86. The number of hydrogen-bond acceptors (Lipinski definition) is 4. The van der Waals surface area contributed by atoms with Crippen LogP contribution in [0.1, 0.15) is 24.8 Å². The van der Waals surface area contributed by atoms with Crippen molar-refractivity contribution in [1.29, 1.82) is 0 Å². The van der Waals surface area contributed by atoms with Gasteiger partial charge in [-0.2, -0.15) is 0 Å². The summed E-state index contributed by atoms with van der Waals surface area (Å²) in [6.45, 7) is 2.31. The molecule has 0 fully saturated rings. The number of fused-ring (bicyclic) bond motifs is 2. The van der Waals surface area contributed by atoms with E-state index in [-0.39, 0.29) is 12.4 Å². The molecule has 0 unspecified atom stereocenters. The summed E-state index contributed by atoms with van der Waals surface area (Å²) in [4.78, 5) is 14.7. The predicted molar refractivity (Wildman–Crippen MR) is 78.8 cm³/mol. The molecule has 1 aromatic carbocycles. The number of aliphatic imine (C=N–C) groups is 1. The Morgan fingerprint density at radius 1 is 1.29 bits per heavy atom. The number of carboxylic acid groups (broad SMARTS) is 1. The number of benzene rings is 1. The fraction of sp³-hybridized carbons (Fsp3) is 0.385. The van der Waals surface area contributed by atoms with Gasteiger partial charge in [0.15, 0.2) is 5.96 Å². The zero-order chi connectivity index (χ0) is 16.0. The SMILES string of the molecule is Cc1ccc2cc1S2(=O)=O.NC(N)=NCCCCC(=O)O. The number of aliphatic carboxylic acids is 1. The van der Waals surface area contributed by atoms with Gasteiger partial charge < -0.3 is 16.6 Å². The first-order chi connectivity index (χ1) is 9.75. The van der Waals surface area contributed by atoms with Gasteiger partial charge in [0.05, 0.1) is 9.79 Å². The Morgan fingerprint density at radius 2 is 1.95 bits per heavy atom. The lowest BCUT2D eigenvalue weighted by molar-refractivity contribution is -0.137. The first-order valence-electron chi connectivity index (χ1n) is 6.38. The summed E-state index contributed by atoms with van der Waals surface area (Å²) < 4.78 is 22.1. The molecule has 0 radical (unpaired) electrons. The molecule has 2 bridgehead atoms. The third kappa shape index (κ3) is 4.75. The Balaban J connectivity index is 0.000000210. The molecule has 3 rings (SSSR count). The van der Waals surface area contributed by atoms with Crippen molar-refractivity contribution < 1.29 is 18.3 Å². The molecule has 5 N–H and O–H groups in total. The molecular formula is C13H19N3O4S. The Hall–Kier alpha value is -2.09. The van der Waals surface area contributed by atoms with Crippen molar-refractivity contribution in [3.05, 3.63) is 23.8 Å². The number of unbranched alkanes of at least 4 members (excludes halogenated alkanes) is 1. The molecule has 0 aliphatic carbocycles. The number of guanidine groups is 1. The van der Waals surface area contributed by atoms with E-state index in [9.17, 15) is 13.2 Å². The number of rotatable bonds is 5. The molecule has 0 saturated carbocycles.